The number of hydrogen-bond donors (Lipinski definition) is 2. The Morgan fingerprint density at radius 1 is 1.58 bits per heavy atom. The van der Waals surface area contributed by atoms with Gasteiger partial charge in [-0.25, -0.2) is 9.78 Å². The second kappa shape index (κ2) is 4.65. The number of aromatic carboxylic acids is 1. The van der Waals surface area contributed by atoms with Gasteiger partial charge < -0.3 is 19.7 Å². The lowest BCUT2D eigenvalue weighted by Crippen LogP contribution is -2.54. The summed E-state index contributed by atoms with van der Waals surface area (Å²) in [7, 11) is 0. The minimum atomic E-state index is -1.19. The smallest absolute Gasteiger partial charge is 0.354 e. The van der Waals surface area contributed by atoms with Crippen molar-refractivity contribution in [1.29, 1.82) is 0 Å². The lowest BCUT2D eigenvalue weighted by atomic mass is 10.0. The van der Waals surface area contributed by atoms with Crippen LogP contribution in [0, 0.1) is 0 Å². The van der Waals surface area contributed by atoms with Crippen LogP contribution in [0.2, 0.25) is 0 Å². The zero-order valence-electron chi connectivity index (χ0n) is 11.1. The molecule has 0 spiro atoms. The van der Waals surface area contributed by atoms with Gasteiger partial charge in [0, 0.05) is 13.1 Å². The lowest BCUT2D eigenvalue weighted by molar-refractivity contribution is -0.118. The molecule has 0 radical (unpaired) electrons. The van der Waals surface area contributed by atoms with Crippen molar-refractivity contribution >= 4 is 11.9 Å². The second-order valence-corrected chi connectivity index (χ2v) is 5.31. The topological polar surface area (TPSA) is 95.5 Å². The number of aromatic amines is 1. The number of nitrogens with one attached hydrogen (secondary N) is 1. The average molecular weight is 267 g/mol. The van der Waals surface area contributed by atoms with Crippen molar-refractivity contribution in [3.8, 4) is 0 Å². The molecule has 1 aromatic rings. The third kappa shape index (κ3) is 2.76. The first-order chi connectivity index (χ1) is 8.80. The molecule has 7 heteroatoms. The first-order valence-corrected chi connectivity index (χ1v) is 6.04. The van der Waals surface area contributed by atoms with Gasteiger partial charge in [-0.2, -0.15) is 0 Å². The van der Waals surface area contributed by atoms with Crippen LogP contribution in [-0.2, 0) is 4.74 Å². The van der Waals surface area contributed by atoms with Gasteiger partial charge in [0.1, 0.15) is 0 Å². The third-order valence-electron chi connectivity index (χ3n) is 2.91. The highest BCUT2D eigenvalue weighted by molar-refractivity contribution is 6.02. The van der Waals surface area contributed by atoms with E-state index in [-0.39, 0.29) is 23.4 Å². The van der Waals surface area contributed by atoms with Crippen LogP contribution in [0.25, 0.3) is 0 Å². The van der Waals surface area contributed by atoms with Crippen molar-refractivity contribution < 1.29 is 19.4 Å². The number of amides is 1. The molecular weight excluding hydrogens is 250 g/mol. The van der Waals surface area contributed by atoms with E-state index < -0.39 is 11.6 Å². The SMILES string of the molecule is CC1CN(C(=O)c2nc[nH]c2C(=O)O)CC(C)(C)O1. The molecule has 7 nitrogen and oxygen atoms in total. The summed E-state index contributed by atoms with van der Waals surface area (Å²) in [5.74, 6) is -1.58. The van der Waals surface area contributed by atoms with E-state index in [9.17, 15) is 9.59 Å². The van der Waals surface area contributed by atoms with Crippen LogP contribution in [0.1, 0.15) is 41.7 Å². The molecule has 1 aromatic heterocycles. The molecule has 104 valence electrons. The predicted octanol–water partition coefficient (Wildman–Crippen LogP) is 0.747. The quantitative estimate of drug-likeness (QED) is 0.824. The molecular formula is C12H17N3O4. The number of rotatable bonds is 2. The minimum Gasteiger partial charge on any atom is -0.477 e. The number of H-pyrrole nitrogens is 1. The largest absolute Gasteiger partial charge is 0.477 e. The van der Waals surface area contributed by atoms with Crippen molar-refractivity contribution in [2.24, 2.45) is 0 Å². The number of carbonyl (C=O) groups is 2. The van der Waals surface area contributed by atoms with Gasteiger partial charge in [0.2, 0.25) is 0 Å². The zero-order valence-corrected chi connectivity index (χ0v) is 11.1. The maximum absolute atomic E-state index is 12.3. The Labute approximate surface area is 110 Å². The van der Waals surface area contributed by atoms with Gasteiger partial charge in [-0.1, -0.05) is 0 Å². The molecule has 1 saturated heterocycles. The molecule has 1 atom stereocenters. The van der Waals surface area contributed by atoms with Crippen LogP contribution in [0.3, 0.4) is 0 Å². The third-order valence-corrected chi connectivity index (χ3v) is 2.91. The highest BCUT2D eigenvalue weighted by Crippen LogP contribution is 2.22. The number of ether oxygens (including phenoxy) is 1. The van der Waals surface area contributed by atoms with E-state index >= 15 is 0 Å². The summed E-state index contributed by atoms with van der Waals surface area (Å²) in [6.07, 6.45) is 1.12. The second-order valence-electron chi connectivity index (χ2n) is 5.31. The van der Waals surface area contributed by atoms with E-state index in [0.29, 0.717) is 13.1 Å². The first kappa shape index (κ1) is 13.5. The van der Waals surface area contributed by atoms with E-state index in [1.165, 1.54) is 6.33 Å². The normalized spacial score (nSPS) is 22.3. The van der Waals surface area contributed by atoms with Crippen molar-refractivity contribution in [2.75, 3.05) is 13.1 Å². The van der Waals surface area contributed by atoms with Gasteiger partial charge in [-0.05, 0) is 20.8 Å². The van der Waals surface area contributed by atoms with Gasteiger partial charge in [-0.15, -0.1) is 0 Å². The van der Waals surface area contributed by atoms with Crippen molar-refractivity contribution in [3.63, 3.8) is 0 Å². The van der Waals surface area contributed by atoms with E-state index in [0.717, 1.165) is 0 Å². The van der Waals surface area contributed by atoms with Gasteiger partial charge >= 0.3 is 5.97 Å². The van der Waals surface area contributed by atoms with Gasteiger partial charge in [0.15, 0.2) is 11.4 Å². The molecule has 0 saturated carbocycles. The Morgan fingerprint density at radius 3 is 2.84 bits per heavy atom. The summed E-state index contributed by atoms with van der Waals surface area (Å²) in [6.45, 7) is 6.50. The fourth-order valence-electron chi connectivity index (χ4n) is 2.38. The van der Waals surface area contributed by atoms with Gasteiger partial charge in [0.25, 0.3) is 5.91 Å². The van der Waals surface area contributed by atoms with Gasteiger partial charge in [0.05, 0.1) is 18.0 Å². The standard InChI is InChI=1S/C12H17N3O4/c1-7-4-15(5-12(2,3)19-7)10(16)8-9(11(17)18)14-6-13-8/h6-7H,4-5H2,1-3H3,(H,13,14)(H,17,18). The number of carboxylic acid groups (broad SMARTS) is 1. The van der Waals surface area contributed by atoms with Gasteiger partial charge in [-0.3, -0.25) is 4.79 Å². The highest BCUT2D eigenvalue weighted by Gasteiger charge is 2.35. The van der Waals surface area contributed by atoms with E-state index in [4.69, 9.17) is 9.84 Å². The Balaban J connectivity index is 2.24. The van der Waals surface area contributed by atoms with Crippen LogP contribution < -0.4 is 0 Å². The summed E-state index contributed by atoms with van der Waals surface area (Å²) < 4.78 is 5.71. The maximum atomic E-state index is 12.3. The molecule has 1 unspecified atom stereocenters. The minimum absolute atomic E-state index is 0.0580. The number of carboxylic acids is 1. The number of carbonyl (C=O) groups excluding carboxylic acids is 1. The van der Waals surface area contributed by atoms with Crippen LogP contribution in [0.15, 0.2) is 6.33 Å². The fourth-order valence-corrected chi connectivity index (χ4v) is 2.38. The zero-order chi connectivity index (χ0) is 14.2. The fraction of sp³-hybridized carbons (Fsp3) is 0.583. The Kier molecular flexibility index (Phi) is 3.32. The van der Waals surface area contributed by atoms with Crippen LogP contribution in [0.5, 0.6) is 0 Å². The van der Waals surface area contributed by atoms with Crippen molar-refractivity contribution in [1.82, 2.24) is 14.9 Å². The Bertz CT molecular complexity index is 509. The van der Waals surface area contributed by atoms with Crippen molar-refractivity contribution in [3.05, 3.63) is 17.7 Å². The molecule has 1 aliphatic rings. The van der Waals surface area contributed by atoms with E-state index in [1.54, 1.807) is 4.90 Å². The molecule has 2 N–H and O–H groups in total. The maximum Gasteiger partial charge on any atom is 0.354 e. The number of aromatic nitrogens is 2. The van der Waals surface area contributed by atoms with E-state index in [2.05, 4.69) is 9.97 Å². The molecule has 2 rings (SSSR count). The number of morpholine rings is 1. The molecule has 0 aromatic carbocycles. The summed E-state index contributed by atoms with van der Waals surface area (Å²) in [5, 5.41) is 8.99. The number of nitrogens with zero attached hydrogens (tertiary/aromatic N) is 2. The molecule has 19 heavy (non-hydrogen) atoms. The van der Waals surface area contributed by atoms with Crippen molar-refractivity contribution in [2.45, 2.75) is 32.5 Å². The van der Waals surface area contributed by atoms with Crippen LogP contribution >= 0.6 is 0 Å². The van der Waals surface area contributed by atoms with Crippen LogP contribution in [0.4, 0.5) is 0 Å². The summed E-state index contributed by atoms with van der Waals surface area (Å²) >= 11 is 0. The summed E-state index contributed by atoms with van der Waals surface area (Å²) in [4.78, 5) is 31.2. The molecule has 2 heterocycles. The Morgan fingerprint density at radius 2 is 2.26 bits per heavy atom. The molecule has 1 fully saturated rings. The average Bonchev–Trinajstić information content (AvgIpc) is 2.73. The molecule has 0 aliphatic carbocycles. The first-order valence-electron chi connectivity index (χ1n) is 6.04. The van der Waals surface area contributed by atoms with E-state index in [1.807, 2.05) is 20.8 Å². The molecule has 0 bridgehead atoms. The number of imidazole rings is 1. The van der Waals surface area contributed by atoms with Crippen LogP contribution in [-0.4, -0.2) is 56.6 Å². The Hall–Kier alpha value is -1.89. The predicted molar refractivity (Wildman–Crippen MR) is 66.1 cm³/mol. The highest BCUT2D eigenvalue weighted by atomic mass is 16.5. The monoisotopic (exact) mass is 267 g/mol. The number of hydrogen-bond acceptors (Lipinski definition) is 4. The summed E-state index contributed by atoms with van der Waals surface area (Å²) in [5.41, 5.74) is -0.688. The molecule has 1 aliphatic heterocycles. The lowest BCUT2D eigenvalue weighted by Gasteiger charge is -2.41. The summed E-state index contributed by atoms with van der Waals surface area (Å²) in [6, 6.07) is 0. The molecule has 1 amide bonds.